The number of rotatable bonds is 6. The van der Waals surface area contributed by atoms with E-state index in [9.17, 15) is 34.5 Å². The molecule has 4 aromatic carbocycles. The standard InChI is InChI=1S/C31H28S4.2BF4/c1-2-3-4-13-23(35-30-20-11-7-16-26(30)33-27-17-8-12-21-31(27)35)22-34-28-18-9-5-14-24(28)32-25-15-6-10-19-29(25)34;2*2-1(3,4)5/h5-12,14-22H,2-4,13H2,1H3;;/q+2;2*-1/b23-22+;;. The van der Waals surface area contributed by atoms with E-state index in [0.29, 0.717) is 0 Å². The van der Waals surface area contributed by atoms with Crippen molar-refractivity contribution in [3.05, 3.63) is 107 Å². The average molecular weight is 702 g/mol. The van der Waals surface area contributed by atoms with Crippen LogP contribution in [0.4, 0.5) is 34.5 Å². The topological polar surface area (TPSA) is 0 Å². The minimum absolute atomic E-state index is 0.0506. The van der Waals surface area contributed by atoms with Crippen LogP contribution >= 0.6 is 23.5 Å². The highest BCUT2D eigenvalue weighted by Gasteiger charge is 2.43. The fourth-order valence-electron chi connectivity index (χ4n) is 4.61. The lowest BCUT2D eigenvalue weighted by molar-refractivity contribution is 0.366. The van der Waals surface area contributed by atoms with Gasteiger partial charge < -0.3 is 34.5 Å². The van der Waals surface area contributed by atoms with Crippen molar-refractivity contribution in [1.82, 2.24) is 0 Å². The third-order valence-corrected chi connectivity index (χ3v) is 13.9. The first-order chi connectivity index (χ1) is 21.3. The molecule has 2 aliphatic heterocycles. The molecule has 0 fully saturated rings. The zero-order chi connectivity index (χ0) is 32.6. The molecule has 0 saturated carbocycles. The van der Waals surface area contributed by atoms with Crippen molar-refractivity contribution in [2.24, 2.45) is 0 Å². The Morgan fingerprint density at radius 2 is 0.889 bits per heavy atom. The normalized spacial score (nSPS) is 14.5. The molecule has 0 bridgehead atoms. The highest BCUT2D eigenvalue weighted by molar-refractivity contribution is 8.07. The van der Waals surface area contributed by atoms with Crippen LogP contribution in [0, 0.1) is 0 Å². The summed E-state index contributed by atoms with van der Waals surface area (Å²) in [6.07, 6.45) is 4.94. The molecular weight excluding hydrogens is 674 g/mol. The first-order valence-corrected chi connectivity index (χ1v) is 18.1. The summed E-state index contributed by atoms with van der Waals surface area (Å²) >= 11 is 3.86. The van der Waals surface area contributed by atoms with Crippen LogP contribution in [-0.2, 0) is 21.8 Å². The minimum atomic E-state index is -6.00. The molecule has 6 rings (SSSR count). The monoisotopic (exact) mass is 702 g/mol. The molecule has 14 heteroatoms. The van der Waals surface area contributed by atoms with Gasteiger partial charge in [-0.25, -0.2) is 0 Å². The number of unbranched alkanes of at least 4 members (excludes halogenated alkanes) is 2. The van der Waals surface area contributed by atoms with E-state index in [2.05, 4.69) is 109 Å². The number of allylic oxidation sites excluding steroid dienone is 1. The Bertz CT molecular complexity index is 1500. The summed E-state index contributed by atoms with van der Waals surface area (Å²) in [4.78, 5) is 13.2. The van der Waals surface area contributed by atoms with Crippen LogP contribution in [0.2, 0.25) is 0 Å². The van der Waals surface area contributed by atoms with Gasteiger partial charge in [-0.3, -0.25) is 0 Å². The molecule has 0 unspecified atom stereocenters. The van der Waals surface area contributed by atoms with E-state index in [1.54, 1.807) is 4.91 Å². The number of hydrogen-bond acceptors (Lipinski definition) is 2. The van der Waals surface area contributed by atoms with Gasteiger partial charge in [0.05, 0.1) is 30.5 Å². The maximum atomic E-state index is 9.75. The summed E-state index contributed by atoms with van der Waals surface area (Å²) in [7, 11) is -12.1. The number of halogens is 8. The molecule has 238 valence electrons. The molecule has 0 atom stereocenters. The van der Waals surface area contributed by atoms with Crippen molar-refractivity contribution in [3.8, 4) is 0 Å². The van der Waals surface area contributed by atoms with Crippen molar-refractivity contribution in [3.63, 3.8) is 0 Å². The summed E-state index contributed by atoms with van der Waals surface area (Å²) in [6, 6.07) is 36.3. The zero-order valence-corrected chi connectivity index (χ0v) is 27.2. The van der Waals surface area contributed by atoms with Gasteiger partial charge >= 0.3 is 14.5 Å². The lowest BCUT2D eigenvalue weighted by Crippen LogP contribution is -2.16. The second-order valence-electron chi connectivity index (χ2n) is 9.67. The van der Waals surface area contributed by atoms with Crippen LogP contribution < -0.4 is 0 Å². The number of hydrogen-bond donors (Lipinski definition) is 0. The zero-order valence-electron chi connectivity index (χ0n) is 24.0. The third-order valence-electron chi connectivity index (χ3n) is 6.29. The van der Waals surface area contributed by atoms with E-state index >= 15 is 0 Å². The third kappa shape index (κ3) is 10.6. The van der Waals surface area contributed by atoms with Gasteiger partial charge in [0, 0.05) is 6.42 Å². The van der Waals surface area contributed by atoms with Crippen molar-refractivity contribution in [2.45, 2.75) is 71.8 Å². The predicted molar refractivity (Wildman–Crippen MR) is 174 cm³/mol. The van der Waals surface area contributed by atoms with E-state index in [1.165, 1.54) is 58.4 Å². The van der Waals surface area contributed by atoms with Gasteiger partial charge in [-0.15, -0.1) is 0 Å². The van der Waals surface area contributed by atoms with E-state index in [1.807, 2.05) is 23.5 Å². The number of benzene rings is 4. The van der Waals surface area contributed by atoms with E-state index in [-0.39, 0.29) is 21.8 Å². The van der Waals surface area contributed by atoms with Crippen LogP contribution in [0.3, 0.4) is 0 Å². The maximum Gasteiger partial charge on any atom is 0.673 e. The number of fused-ring (bicyclic) bond motifs is 4. The summed E-state index contributed by atoms with van der Waals surface area (Å²) in [5.41, 5.74) is 0. The largest absolute Gasteiger partial charge is 0.673 e. The molecule has 0 spiro atoms. The van der Waals surface area contributed by atoms with Gasteiger partial charge in [-0.05, 0) is 55.0 Å². The summed E-state index contributed by atoms with van der Waals surface area (Å²) in [6.45, 7) is 2.31. The summed E-state index contributed by atoms with van der Waals surface area (Å²) in [5.74, 6) is 0. The second kappa shape index (κ2) is 15.9. The Labute approximate surface area is 272 Å². The molecule has 4 aromatic rings. The van der Waals surface area contributed by atoms with Crippen LogP contribution in [0.25, 0.3) is 0 Å². The first kappa shape index (κ1) is 35.4. The van der Waals surface area contributed by atoms with Crippen molar-refractivity contribution < 1.29 is 34.5 Å². The fraction of sp³-hybridized carbons (Fsp3) is 0.161. The lowest BCUT2D eigenvalue weighted by atomic mass is 10.2. The first-order valence-electron chi connectivity index (χ1n) is 14.0. The van der Waals surface area contributed by atoms with Gasteiger partial charge in [0.25, 0.3) is 0 Å². The molecule has 2 aliphatic rings. The molecule has 0 nitrogen and oxygen atoms in total. The van der Waals surface area contributed by atoms with Crippen LogP contribution in [-0.4, -0.2) is 14.5 Å². The average Bonchev–Trinajstić information content (AvgIpc) is 2.97. The fourth-order valence-corrected chi connectivity index (χ4v) is 12.6. The van der Waals surface area contributed by atoms with Crippen molar-refractivity contribution in [2.75, 3.05) is 0 Å². The molecule has 0 aliphatic carbocycles. The van der Waals surface area contributed by atoms with Gasteiger partial charge in [-0.2, -0.15) is 0 Å². The molecule has 0 N–H and O–H groups in total. The van der Waals surface area contributed by atoms with Gasteiger partial charge in [0.1, 0.15) is 10.9 Å². The Hall–Kier alpha value is -2.41. The quantitative estimate of drug-likeness (QED) is 0.0849. The van der Waals surface area contributed by atoms with E-state index in [0.717, 1.165) is 6.42 Å². The van der Waals surface area contributed by atoms with Gasteiger partial charge in [0.15, 0.2) is 29.9 Å². The van der Waals surface area contributed by atoms with Gasteiger partial charge in [-0.1, -0.05) is 91.8 Å². The second-order valence-corrected chi connectivity index (χ2v) is 15.6. The minimum Gasteiger partial charge on any atom is -0.418 e. The molecule has 2 heterocycles. The highest BCUT2D eigenvalue weighted by atomic mass is 32.2. The van der Waals surface area contributed by atoms with E-state index < -0.39 is 14.5 Å². The SMILES string of the molecule is CCCCC/C(=C\[S+]1c2ccccc2Sc2ccccc21)[S+]1c2ccccc2Sc2ccccc21.F[B-](F)(F)F.F[B-](F)(F)F. The van der Waals surface area contributed by atoms with Crippen LogP contribution in [0.5, 0.6) is 0 Å². The lowest BCUT2D eigenvalue weighted by Gasteiger charge is -2.21. The van der Waals surface area contributed by atoms with Gasteiger partial charge in [0.2, 0.25) is 0 Å². The maximum absolute atomic E-state index is 9.75. The van der Waals surface area contributed by atoms with Crippen LogP contribution in [0.15, 0.2) is 147 Å². The molecule has 0 saturated heterocycles. The molecule has 0 radical (unpaired) electrons. The Morgan fingerprint density at radius 1 is 0.556 bits per heavy atom. The predicted octanol–water partition coefficient (Wildman–Crippen LogP) is 12.4. The smallest absolute Gasteiger partial charge is 0.418 e. The molecule has 0 aromatic heterocycles. The van der Waals surface area contributed by atoms with E-state index in [4.69, 9.17) is 0 Å². The summed E-state index contributed by atoms with van der Waals surface area (Å²) in [5, 5.41) is 2.68. The van der Waals surface area contributed by atoms with Crippen molar-refractivity contribution >= 4 is 59.8 Å². The molecular formula is C31H28B2F8S4. The Kier molecular flexibility index (Phi) is 12.5. The molecule has 0 amide bonds. The highest BCUT2D eigenvalue weighted by Crippen LogP contribution is 2.51. The summed E-state index contributed by atoms with van der Waals surface area (Å²) < 4.78 is 78.0. The Morgan fingerprint density at radius 3 is 1.27 bits per heavy atom. The Balaban J connectivity index is 0.000000403. The van der Waals surface area contributed by atoms with Crippen LogP contribution in [0.1, 0.15) is 32.6 Å². The molecule has 45 heavy (non-hydrogen) atoms. The van der Waals surface area contributed by atoms with Crippen molar-refractivity contribution in [1.29, 1.82) is 0 Å².